The van der Waals surface area contributed by atoms with Crippen molar-refractivity contribution in [1.82, 2.24) is 5.06 Å². The highest BCUT2D eigenvalue weighted by molar-refractivity contribution is 6.20. The quantitative estimate of drug-likeness (QED) is 0.770. The fraction of sp³-hybridized carbons (Fsp3) is 0.333. The summed E-state index contributed by atoms with van der Waals surface area (Å²) in [5.74, 6) is -2.20. The monoisotopic (exact) mass is 287 g/mol. The van der Waals surface area contributed by atoms with Crippen LogP contribution >= 0.6 is 0 Å². The lowest BCUT2D eigenvalue weighted by Crippen LogP contribution is -2.36. The molecule has 0 saturated heterocycles. The van der Waals surface area contributed by atoms with Crippen LogP contribution in [0.15, 0.2) is 24.3 Å². The zero-order valence-corrected chi connectivity index (χ0v) is 11.2. The molecule has 0 spiro atoms. The molecule has 108 valence electrons. The number of amides is 2. The van der Waals surface area contributed by atoms with Crippen molar-refractivity contribution in [2.75, 3.05) is 0 Å². The predicted molar refractivity (Wildman–Crippen MR) is 70.0 cm³/mol. The Hall–Kier alpha value is -2.50. The molecule has 1 aromatic rings. The minimum absolute atomic E-state index is 0.125. The highest BCUT2D eigenvalue weighted by Crippen LogP contribution is 2.26. The van der Waals surface area contributed by atoms with Crippen LogP contribution in [0, 0.1) is 5.92 Å². The molecule has 2 amide bonds. The van der Waals surface area contributed by atoms with Gasteiger partial charge in [-0.2, -0.15) is 0 Å². The van der Waals surface area contributed by atoms with Crippen LogP contribution in [0.2, 0.25) is 0 Å². The molecule has 0 N–H and O–H groups in total. The lowest BCUT2D eigenvalue weighted by Gasteiger charge is -2.21. The van der Waals surface area contributed by atoms with E-state index in [1.165, 1.54) is 12.1 Å². The summed E-state index contributed by atoms with van der Waals surface area (Å²) in [4.78, 5) is 52.3. The SMILES string of the molecule is O=C1CCC(C(=O)ON2C(=O)c3ccccc3C2=O)CC1. The molecule has 21 heavy (non-hydrogen) atoms. The van der Waals surface area contributed by atoms with Crippen molar-refractivity contribution in [3.8, 4) is 0 Å². The van der Waals surface area contributed by atoms with Gasteiger partial charge in [-0.15, -0.1) is 0 Å². The van der Waals surface area contributed by atoms with Crippen LogP contribution < -0.4 is 0 Å². The maximum atomic E-state index is 12.1. The second-order valence-corrected chi connectivity index (χ2v) is 5.17. The second kappa shape index (κ2) is 5.12. The van der Waals surface area contributed by atoms with Gasteiger partial charge < -0.3 is 4.84 Å². The van der Waals surface area contributed by atoms with Crippen molar-refractivity contribution in [2.24, 2.45) is 5.92 Å². The normalized spacial score (nSPS) is 18.9. The van der Waals surface area contributed by atoms with E-state index in [9.17, 15) is 19.2 Å². The first kappa shape index (κ1) is 13.5. The lowest BCUT2D eigenvalue weighted by molar-refractivity contribution is -0.174. The Labute approximate surface area is 120 Å². The van der Waals surface area contributed by atoms with Gasteiger partial charge in [0.05, 0.1) is 17.0 Å². The van der Waals surface area contributed by atoms with Gasteiger partial charge in [0.2, 0.25) is 0 Å². The fourth-order valence-corrected chi connectivity index (χ4v) is 2.59. The molecule has 0 aromatic heterocycles. The van der Waals surface area contributed by atoms with Crippen molar-refractivity contribution in [1.29, 1.82) is 0 Å². The van der Waals surface area contributed by atoms with Crippen molar-refractivity contribution < 1.29 is 24.0 Å². The molecule has 0 unspecified atom stereocenters. The average Bonchev–Trinajstić information content (AvgIpc) is 2.73. The fourth-order valence-electron chi connectivity index (χ4n) is 2.59. The Morgan fingerprint density at radius 1 is 1.00 bits per heavy atom. The molecule has 0 bridgehead atoms. The van der Waals surface area contributed by atoms with Crippen LogP contribution in [0.25, 0.3) is 0 Å². The molecule has 0 atom stereocenters. The van der Waals surface area contributed by atoms with Crippen LogP contribution in [0.4, 0.5) is 0 Å². The second-order valence-electron chi connectivity index (χ2n) is 5.17. The van der Waals surface area contributed by atoms with Crippen LogP contribution in [0.1, 0.15) is 46.4 Å². The molecule has 1 heterocycles. The number of ketones is 1. The Balaban J connectivity index is 1.72. The van der Waals surface area contributed by atoms with Crippen molar-refractivity contribution in [3.05, 3.63) is 35.4 Å². The maximum absolute atomic E-state index is 12.1. The Morgan fingerprint density at radius 2 is 1.52 bits per heavy atom. The highest BCUT2D eigenvalue weighted by Gasteiger charge is 2.40. The van der Waals surface area contributed by atoms with Gasteiger partial charge in [0, 0.05) is 12.8 Å². The molecule has 6 nitrogen and oxygen atoms in total. The van der Waals surface area contributed by atoms with E-state index >= 15 is 0 Å². The molecular formula is C15H13NO5. The van der Waals surface area contributed by atoms with Gasteiger partial charge in [-0.3, -0.25) is 14.4 Å². The van der Waals surface area contributed by atoms with Gasteiger partial charge in [-0.25, -0.2) is 4.79 Å². The van der Waals surface area contributed by atoms with Gasteiger partial charge in [-0.1, -0.05) is 17.2 Å². The number of hydrogen-bond acceptors (Lipinski definition) is 5. The Bertz CT molecular complexity index is 606. The number of hydroxylamine groups is 2. The van der Waals surface area contributed by atoms with Crippen molar-refractivity contribution in [2.45, 2.75) is 25.7 Å². The summed E-state index contributed by atoms with van der Waals surface area (Å²) < 4.78 is 0. The third-order valence-corrected chi connectivity index (χ3v) is 3.81. The standard InChI is InChI=1S/C15H13NO5/c17-10-7-5-9(6-8-10)15(20)21-16-13(18)11-3-1-2-4-12(11)14(16)19/h1-4,9H,5-8H2. The number of carbonyl (C=O) groups excluding carboxylic acids is 4. The average molecular weight is 287 g/mol. The molecular weight excluding hydrogens is 274 g/mol. The van der Waals surface area contributed by atoms with E-state index in [2.05, 4.69) is 0 Å². The van der Waals surface area contributed by atoms with E-state index in [0.29, 0.717) is 30.7 Å². The highest BCUT2D eigenvalue weighted by atomic mass is 16.7. The first-order valence-electron chi connectivity index (χ1n) is 6.79. The molecule has 3 rings (SSSR count). The lowest BCUT2D eigenvalue weighted by atomic mass is 9.89. The minimum Gasteiger partial charge on any atom is -0.329 e. The molecule has 6 heteroatoms. The number of fused-ring (bicyclic) bond motifs is 1. The molecule has 1 aliphatic carbocycles. The number of rotatable bonds is 2. The molecule has 1 saturated carbocycles. The van der Waals surface area contributed by atoms with Crippen LogP contribution in [-0.4, -0.2) is 28.6 Å². The third-order valence-electron chi connectivity index (χ3n) is 3.81. The summed E-state index contributed by atoms with van der Waals surface area (Å²) in [5, 5.41) is 0.517. The topological polar surface area (TPSA) is 80.8 Å². The number of hydrogen-bond donors (Lipinski definition) is 0. The van der Waals surface area contributed by atoms with Crippen LogP contribution in [0.3, 0.4) is 0 Å². The van der Waals surface area contributed by atoms with Crippen LogP contribution in [-0.2, 0) is 14.4 Å². The molecule has 2 aliphatic rings. The van der Waals surface area contributed by atoms with E-state index in [-0.39, 0.29) is 16.9 Å². The number of Topliss-reactive ketones (excluding diaryl/α,β-unsaturated/α-hetero) is 1. The molecule has 1 fully saturated rings. The Morgan fingerprint density at radius 3 is 2.05 bits per heavy atom. The molecule has 0 radical (unpaired) electrons. The van der Waals surface area contributed by atoms with Crippen molar-refractivity contribution in [3.63, 3.8) is 0 Å². The van der Waals surface area contributed by atoms with Crippen molar-refractivity contribution >= 4 is 23.6 Å². The maximum Gasteiger partial charge on any atom is 0.336 e. The summed E-state index contributed by atoms with van der Waals surface area (Å²) in [7, 11) is 0. The third kappa shape index (κ3) is 2.33. The van der Waals surface area contributed by atoms with E-state index in [1.54, 1.807) is 12.1 Å². The van der Waals surface area contributed by atoms with Gasteiger partial charge in [0.15, 0.2) is 0 Å². The summed E-state index contributed by atoms with van der Waals surface area (Å²) in [6, 6.07) is 6.32. The van der Waals surface area contributed by atoms with E-state index in [1.807, 2.05) is 0 Å². The van der Waals surface area contributed by atoms with Gasteiger partial charge >= 0.3 is 5.97 Å². The first-order valence-corrected chi connectivity index (χ1v) is 6.79. The zero-order valence-electron chi connectivity index (χ0n) is 11.2. The summed E-state index contributed by atoms with van der Waals surface area (Å²) >= 11 is 0. The predicted octanol–water partition coefficient (Wildman–Crippen LogP) is 1.50. The minimum atomic E-state index is -0.629. The van der Waals surface area contributed by atoms with E-state index in [4.69, 9.17) is 4.84 Å². The summed E-state index contributed by atoms with van der Waals surface area (Å²) in [6.45, 7) is 0. The number of nitrogens with zero attached hydrogens (tertiary/aromatic N) is 1. The summed E-state index contributed by atoms with van der Waals surface area (Å²) in [5.41, 5.74) is 0.461. The van der Waals surface area contributed by atoms with Gasteiger partial charge in [0.1, 0.15) is 5.78 Å². The molecule has 1 aliphatic heterocycles. The zero-order chi connectivity index (χ0) is 15.0. The van der Waals surface area contributed by atoms with E-state index in [0.717, 1.165) is 0 Å². The number of benzene rings is 1. The van der Waals surface area contributed by atoms with Crippen LogP contribution in [0.5, 0.6) is 0 Å². The largest absolute Gasteiger partial charge is 0.336 e. The first-order chi connectivity index (χ1) is 10.1. The van der Waals surface area contributed by atoms with Gasteiger partial charge in [0.25, 0.3) is 11.8 Å². The summed E-state index contributed by atoms with van der Waals surface area (Å²) in [6.07, 6.45) is 1.48. The smallest absolute Gasteiger partial charge is 0.329 e. The Kier molecular flexibility index (Phi) is 3.29. The molecule has 1 aromatic carbocycles. The van der Waals surface area contributed by atoms with E-state index < -0.39 is 23.7 Å². The number of imide groups is 1. The number of carbonyl (C=O) groups is 4. The van der Waals surface area contributed by atoms with Gasteiger partial charge in [-0.05, 0) is 25.0 Å².